The number of carbonyl (C=O) groups is 3. The minimum absolute atomic E-state index is 0.150. The zero-order valence-electron chi connectivity index (χ0n) is 59.6. The Kier molecular flexibility index (Phi) is 68.8. The number of hydrogen-bond acceptors (Lipinski definition) is 8. The third-order valence-electron chi connectivity index (χ3n) is 18.0. The summed E-state index contributed by atoms with van der Waals surface area (Å²) in [6, 6.07) is 0. The van der Waals surface area contributed by atoms with E-state index in [1.807, 2.05) is 21.1 Å². The number of allylic oxidation sites excluding steroid dienone is 4. The molecule has 0 N–H and O–H groups in total. The molecule has 0 radical (unpaired) electrons. The number of nitrogens with zero attached hydrogens (tertiary/aromatic N) is 1. The van der Waals surface area contributed by atoms with Gasteiger partial charge in [-0.05, 0) is 44.9 Å². The van der Waals surface area contributed by atoms with Gasteiger partial charge in [-0.3, -0.25) is 9.59 Å². The quantitative estimate of drug-likeness (QED) is 0.0195. The number of carboxylic acid groups (broad SMARTS) is 1. The molecule has 0 heterocycles. The van der Waals surface area contributed by atoms with E-state index in [0.29, 0.717) is 23.9 Å². The lowest BCUT2D eigenvalue weighted by molar-refractivity contribution is -0.870. The van der Waals surface area contributed by atoms with E-state index in [2.05, 4.69) is 38.2 Å². The molecule has 0 aromatic heterocycles. The van der Waals surface area contributed by atoms with E-state index in [4.69, 9.17) is 18.9 Å². The molecule has 0 rings (SSSR count). The Labute approximate surface area is 548 Å². The maximum atomic E-state index is 12.9. The molecule has 0 amide bonds. The van der Waals surface area contributed by atoms with Gasteiger partial charge in [0.25, 0.3) is 0 Å². The van der Waals surface area contributed by atoms with Gasteiger partial charge in [0.2, 0.25) is 0 Å². The fourth-order valence-electron chi connectivity index (χ4n) is 12.0. The normalized spacial score (nSPS) is 12.7. The zero-order chi connectivity index (χ0) is 64.0. The Morgan fingerprint density at radius 3 is 0.898 bits per heavy atom. The fourth-order valence-corrected chi connectivity index (χ4v) is 12.0. The molecule has 9 heteroatoms. The molecule has 2 atom stereocenters. The highest BCUT2D eigenvalue weighted by molar-refractivity contribution is 5.70. The average Bonchev–Trinajstić information content (AvgIpc) is 3.51. The molecule has 520 valence electrons. The lowest BCUT2D eigenvalue weighted by atomic mass is 10.0. The van der Waals surface area contributed by atoms with Crippen molar-refractivity contribution in [2.75, 3.05) is 47.5 Å². The van der Waals surface area contributed by atoms with E-state index in [1.165, 1.54) is 327 Å². The molecule has 0 spiro atoms. The second-order valence-electron chi connectivity index (χ2n) is 28.0. The smallest absolute Gasteiger partial charge is 0.306 e. The molecule has 0 bridgehead atoms. The topological polar surface area (TPSA) is 111 Å². The van der Waals surface area contributed by atoms with Crippen LogP contribution in [0.2, 0.25) is 0 Å². The van der Waals surface area contributed by atoms with Crippen molar-refractivity contribution in [3.63, 3.8) is 0 Å². The van der Waals surface area contributed by atoms with Crippen molar-refractivity contribution in [3.05, 3.63) is 24.3 Å². The van der Waals surface area contributed by atoms with Crippen LogP contribution in [-0.4, -0.2) is 82.3 Å². The summed E-state index contributed by atoms with van der Waals surface area (Å²) in [6.45, 7) is 4.81. The van der Waals surface area contributed by atoms with Crippen LogP contribution in [0, 0.1) is 0 Å². The fraction of sp³-hybridized carbons (Fsp3) is 0.911. The maximum absolute atomic E-state index is 12.9. The van der Waals surface area contributed by atoms with Gasteiger partial charge in [-0.15, -0.1) is 0 Å². The highest BCUT2D eigenvalue weighted by atomic mass is 16.7. The largest absolute Gasteiger partial charge is 0.545 e. The first-order chi connectivity index (χ1) is 43.1. The summed E-state index contributed by atoms with van der Waals surface area (Å²) in [6.07, 6.45) is 86.0. The molecule has 0 aliphatic heterocycles. The van der Waals surface area contributed by atoms with Crippen LogP contribution >= 0.6 is 0 Å². The van der Waals surface area contributed by atoms with Crippen LogP contribution in [0.25, 0.3) is 0 Å². The summed E-state index contributed by atoms with van der Waals surface area (Å²) in [7, 11) is 5.95. The van der Waals surface area contributed by atoms with Gasteiger partial charge in [-0.2, -0.15) is 0 Å². The van der Waals surface area contributed by atoms with Gasteiger partial charge in [-0.25, -0.2) is 0 Å². The molecule has 0 fully saturated rings. The van der Waals surface area contributed by atoms with Crippen LogP contribution in [0.4, 0.5) is 0 Å². The lowest BCUT2D eigenvalue weighted by Gasteiger charge is -2.26. The van der Waals surface area contributed by atoms with E-state index in [1.54, 1.807) is 0 Å². The number of rotatable bonds is 74. The summed E-state index contributed by atoms with van der Waals surface area (Å²) in [5.74, 6) is -2.26. The number of quaternary nitrogens is 1. The number of likely N-dealkylation sites (N-methyl/N-ethyl adjacent to an activating group) is 1. The van der Waals surface area contributed by atoms with Gasteiger partial charge in [0.05, 0.1) is 40.3 Å². The monoisotopic (exact) mass is 1240 g/mol. The Balaban J connectivity index is 3.91. The zero-order valence-corrected chi connectivity index (χ0v) is 59.6. The van der Waals surface area contributed by atoms with Crippen molar-refractivity contribution >= 4 is 17.9 Å². The summed E-state index contributed by atoms with van der Waals surface area (Å²) in [4.78, 5) is 37.5. The van der Waals surface area contributed by atoms with Crippen LogP contribution in [0.5, 0.6) is 0 Å². The van der Waals surface area contributed by atoms with Crippen LogP contribution in [0.3, 0.4) is 0 Å². The Morgan fingerprint density at radius 2 is 0.614 bits per heavy atom. The SMILES string of the molecule is CCCCCCC/C=C\C/C=C\CCCCCCCCCCCCCC(=O)OC(COC(=O)CCCCCCCCCCCCCCCCCCCCCCCCCCCCCCCCCCCCCCCCCC)COC(OCC[N+](C)(C)C)C(=O)[O-]. The van der Waals surface area contributed by atoms with E-state index in [-0.39, 0.29) is 32.2 Å². The van der Waals surface area contributed by atoms with Crippen molar-refractivity contribution in [1.82, 2.24) is 0 Å². The van der Waals surface area contributed by atoms with Gasteiger partial charge in [-0.1, -0.05) is 372 Å². The molecule has 9 nitrogen and oxygen atoms in total. The molecule has 0 aliphatic carbocycles. The van der Waals surface area contributed by atoms with Gasteiger partial charge in [0, 0.05) is 12.8 Å². The van der Waals surface area contributed by atoms with Crippen molar-refractivity contribution in [3.8, 4) is 0 Å². The van der Waals surface area contributed by atoms with Crippen LogP contribution < -0.4 is 5.11 Å². The average molecular weight is 1240 g/mol. The van der Waals surface area contributed by atoms with Crippen LogP contribution in [0.1, 0.15) is 406 Å². The minimum Gasteiger partial charge on any atom is -0.545 e. The third kappa shape index (κ3) is 71.2. The van der Waals surface area contributed by atoms with E-state index >= 15 is 0 Å². The third-order valence-corrected chi connectivity index (χ3v) is 18.0. The molecule has 0 aromatic rings. The van der Waals surface area contributed by atoms with Gasteiger partial charge >= 0.3 is 11.9 Å². The first-order valence-corrected chi connectivity index (χ1v) is 39.0. The molecular weight excluding hydrogens is 1090 g/mol. The second-order valence-corrected chi connectivity index (χ2v) is 28.0. The highest BCUT2D eigenvalue weighted by Gasteiger charge is 2.22. The highest BCUT2D eigenvalue weighted by Crippen LogP contribution is 2.20. The Bertz CT molecular complexity index is 1490. The molecule has 0 aromatic carbocycles. The van der Waals surface area contributed by atoms with Crippen LogP contribution in [0.15, 0.2) is 24.3 Å². The van der Waals surface area contributed by atoms with Crippen molar-refractivity contribution in [2.24, 2.45) is 0 Å². The number of unbranched alkanes of at least 4 members (excludes halogenated alkanes) is 55. The predicted molar refractivity (Wildman–Crippen MR) is 376 cm³/mol. The summed E-state index contributed by atoms with van der Waals surface area (Å²) < 4.78 is 22.8. The Hall–Kier alpha value is -2.23. The number of hydrogen-bond donors (Lipinski definition) is 0. The first-order valence-electron chi connectivity index (χ1n) is 39.0. The van der Waals surface area contributed by atoms with Crippen molar-refractivity contribution in [2.45, 2.75) is 418 Å². The van der Waals surface area contributed by atoms with Gasteiger partial charge in [0.15, 0.2) is 12.4 Å². The lowest BCUT2D eigenvalue weighted by Crippen LogP contribution is -2.44. The number of esters is 2. The second kappa shape index (κ2) is 70.6. The first kappa shape index (κ1) is 85.8. The van der Waals surface area contributed by atoms with Gasteiger partial charge < -0.3 is 33.3 Å². The number of carbonyl (C=O) groups excluding carboxylic acids is 3. The van der Waals surface area contributed by atoms with E-state index in [0.717, 1.165) is 44.9 Å². The molecule has 0 aliphatic rings. The predicted octanol–water partition coefficient (Wildman–Crippen LogP) is 23.2. The van der Waals surface area contributed by atoms with Gasteiger partial charge in [0.1, 0.15) is 13.2 Å². The standard InChI is InChI=1S/C79H151NO8/c1-6-8-10-12-14-16-18-20-22-24-26-28-30-31-32-33-34-35-36-37-38-39-40-41-42-43-44-45-46-48-49-51-53-55-57-59-61-63-65-67-69-76(81)86-73-75(74-87-79(78(83)84)85-72-71-80(3,4)5)88-77(82)70-68-66-64-62-60-58-56-54-52-50-47-29-27-25-23-21-19-17-15-13-11-9-7-2/h19,21,25,27,75,79H,6-18,20,22-24,26,28-74H2,1-5H3/b21-19-,27-25-. The number of carboxylic acids is 1. The summed E-state index contributed by atoms with van der Waals surface area (Å²) in [5, 5.41) is 11.8. The number of ether oxygens (including phenoxy) is 4. The molecule has 0 saturated heterocycles. The van der Waals surface area contributed by atoms with Crippen molar-refractivity contribution in [1.29, 1.82) is 0 Å². The maximum Gasteiger partial charge on any atom is 0.306 e. The Morgan fingerprint density at radius 1 is 0.341 bits per heavy atom. The van der Waals surface area contributed by atoms with Crippen molar-refractivity contribution < 1.29 is 42.9 Å². The number of aliphatic carboxylic acids is 1. The molecule has 0 saturated carbocycles. The van der Waals surface area contributed by atoms with E-state index in [9.17, 15) is 19.5 Å². The molecular formula is C79H151NO8. The molecule has 88 heavy (non-hydrogen) atoms. The summed E-state index contributed by atoms with van der Waals surface area (Å²) in [5.41, 5.74) is 0. The minimum atomic E-state index is -1.62. The summed E-state index contributed by atoms with van der Waals surface area (Å²) >= 11 is 0. The van der Waals surface area contributed by atoms with Crippen LogP contribution in [-0.2, 0) is 33.3 Å². The molecule has 2 unspecified atom stereocenters. The van der Waals surface area contributed by atoms with E-state index < -0.39 is 24.3 Å².